The van der Waals surface area contributed by atoms with Gasteiger partial charge in [-0.1, -0.05) is 35.3 Å². The first-order valence-electron chi connectivity index (χ1n) is 7.61. The molecule has 0 fully saturated rings. The molecule has 4 rings (SSSR count). The molecular formula is C17H14Cl2N4S. The molecule has 0 spiro atoms. The third-order valence-electron chi connectivity index (χ3n) is 4.05. The van der Waals surface area contributed by atoms with Gasteiger partial charge in [-0.2, -0.15) is 0 Å². The van der Waals surface area contributed by atoms with Crippen LogP contribution < -0.4 is 0 Å². The van der Waals surface area contributed by atoms with Crippen LogP contribution in [0.15, 0.2) is 35.8 Å². The van der Waals surface area contributed by atoms with Gasteiger partial charge in [-0.25, -0.2) is 15.0 Å². The maximum atomic E-state index is 6.20. The third-order valence-corrected chi connectivity index (χ3v) is 5.46. The Morgan fingerprint density at radius 3 is 2.88 bits per heavy atom. The molecule has 0 aromatic carbocycles. The van der Waals surface area contributed by atoms with Gasteiger partial charge in [0.05, 0.1) is 10.6 Å². The van der Waals surface area contributed by atoms with Gasteiger partial charge in [0.15, 0.2) is 5.82 Å². The quantitative estimate of drug-likeness (QED) is 0.632. The second-order valence-electron chi connectivity index (χ2n) is 5.69. The summed E-state index contributed by atoms with van der Waals surface area (Å²) in [5.74, 6) is 0.803. The van der Waals surface area contributed by atoms with Gasteiger partial charge in [0.25, 0.3) is 0 Å². The minimum absolute atomic E-state index is 0.418. The van der Waals surface area contributed by atoms with E-state index in [4.69, 9.17) is 28.2 Å². The van der Waals surface area contributed by atoms with E-state index in [1.54, 1.807) is 17.4 Å². The zero-order valence-corrected chi connectivity index (χ0v) is 15.1. The van der Waals surface area contributed by atoms with Gasteiger partial charge < -0.3 is 0 Å². The van der Waals surface area contributed by atoms with Crippen LogP contribution in [0, 0.1) is 0 Å². The fourth-order valence-electron chi connectivity index (χ4n) is 2.82. The van der Waals surface area contributed by atoms with Crippen LogP contribution in [0.3, 0.4) is 0 Å². The summed E-state index contributed by atoms with van der Waals surface area (Å²) in [7, 11) is 0. The van der Waals surface area contributed by atoms with Crippen LogP contribution in [0.2, 0.25) is 10.3 Å². The summed E-state index contributed by atoms with van der Waals surface area (Å²) in [5.41, 5.74) is 3.31. The lowest BCUT2D eigenvalue weighted by atomic mass is 10.1. The number of fused-ring (bicyclic) bond motifs is 1. The van der Waals surface area contributed by atoms with Crippen LogP contribution in [0.5, 0.6) is 0 Å². The summed E-state index contributed by atoms with van der Waals surface area (Å²) in [6, 6.07) is 7.78. The van der Waals surface area contributed by atoms with Crippen molar-refractivity contribution in [2.75, 3.05) is 6.54 Å². The van der Waals surface area contributed by atoms with Crippen LogP contribution in [0.4, 0.5) is 0 Å². The summed E-state index contributed by atoms with van der Waals surface area (Å²) in [6.45, 7) is 2.48. The van der Waals surface area contributed by atoms with E-state index in [0.29, 0.717) is 10.3 Å². The first-order chi connectivity index (χ1) is 11.7. The molecule has 0 saturated carbocycles. The maximum absolute atomic E-state index is 6.20. The lowest BCUT2D eigenvalue weighted by molar-refractivity contribution is 0.241. The predicted octanol–water partition coefficient (Wildman–Crippen LogP) is 4.47. The molecule has 3 aromatic heterocycles. The summed E-state index contributed by atoms with van der Waals surface area (Å²) < 4.78 is 0. The maximum Gasteiger partial charge on any atom is 0.169 e. The molecule has 3 aromatic rings. The van der Waals surface area contributed by atoms with Crippen molar-refractivity contribution in [1.82, 2.24) is 19.9 Å². The average Bonchev–Trinajstić information content (AvgIpc) is 3.11. The molecule has 0 bridgehead atoms. The number of pyridine rings is 1. The zero-order valence-electron chi connectivity index (χ0n) is 12.7. The number of rotatable bonds is 3. The van der Waals surface area contributed by atoms with Crippen molar-refractivity contribution < 1.29 is 0 Å². The zero-order chi connectivity index (χ0) is 16.5. The van der Waals surface area contributed by atoms with E-state index in [-0.39, 0.29) is 0 Å². The Labute approximate surface area is 154 Å². The van der Waals surface area contributed by atoms with E-state index in [0.717, 1.165) is 48.0 Å². The highest BCUT2D eigenvalue weighted by molar-refractivity contribution is 7.13. The van der Waals surface area contributed by atoms with E-state index in [1.165, 1.54) is 5.56 Å². The van der Waals surface area contributed by atoms with Gasteiger partial charge in [-0.15, -0.1) is 11.3 Å². The van der Waals surface area contributed by atoms with Crippen LogP contribution >= 0.6 is 34.5 Å². The van der Waals surface area contributed by atoms with Crippen molar-refractivity contribution in [3.63, 3.8) is 0 Å². The lowest BCUT2D eigenvalue weighted by Gasteiger charge is -2.28. The SMILES string of the molecule is Clc1ccc(CN2CCc3cnc(-c4cccs4)nc3C2)c(Cl)n1. The molecule has 0 radical (unpaired) electrons. The minimum atomic E-state index is 0.418. The molecule has 1 aliphatic heterocycles. The Morgan fingerprint density at radius 1 is 1.17 bits per heavy atom. The van der Waals surface area contributed by atoms with E-state index in [9.17, 15) is 0 Å². The number of hydrogen-bond donors (Lipinski definition) is 0. The molecule has 24 heavy (non-hydrogen) atoms. The Balaban J connectivity index is 1.55. The van der Waals surface area contributed by atoms with Crippen molar-refractivity contribution in [2.24, 2.45) is 0 Å². The van der Waals surface area contributed by atoms with E-state index in [2.05, 4.69) is 14.9 Å². The summed E-state index contributed by atoms with van der Waals surface area (Å²) in [5, 5.41) is 2.93. The van der Waals surface area contributed by atoms with Crippen LogP contribution in [0.1, 0.15) is 16.8 Å². The van der Waals surface area contributed by atoms with Gasteiger partial charge in [-0.05, 0) is 29.5 Å². The Kier molecular flexibility index (Phi) is 4.50. The monoisotopic (exact) mass is 376 g/mol. The highest BCUT2D eigenvalue weighted by Gasteiger charge is 2.20. The third kappa shape index (κ3) is 3.30. The number of hydrogen-bond acceptors (Lipinski definition) is 5. The Bertz CT molecular complexity index is 867. The largest absolute Gasteiger partial charge is 0.293 e. The molecular weight excluding hydrogens is 363 g/mol. The standard InChI is InChI=1S/C17H14Cl2N4S/c18-15-4-3-12(16(19)22-15)9-23-6-5-11-8-20-17(21-13(11)10-23)14-2-1-7-24-14/h1-4,7-8H,5-6,9-10H2. The fourth-order valence-corrected chi connectivity index (χ4v) is 3.89. The van der Waals surface area contributed by atoms with Crippen LogP contribution in [0.25, 0.3) is 10.7 Å². The first-order valence-corrected chi connectivity index (χ1v) is 9.24. The second kappa shape index (κ2) is 6.76. The summed E-state index contributed by atoms with van der Waals surface area (Å²) in [6.07, 6.45) is 2.91. The molecule has 0 N–H and O–H groups in total. The Morgan fingerprint density at radius 2 is 2.08 bits per heavy atom. The molecule has 0 unspecified atom stereocenters. The van der Waals surface area contributed by atoms with Gasteiger partial charge in [0.1, 0.15) is 10.3 Å². The highest BCUT2D eigenvalue weighted by atomic mass is 35.5. The lowest BCUT2D eigenvalue weighted by Crippen LogP contribution is -2.31. The van der Waals surface area contributed by atoms with Gasteiger partial charge >= 0.3 is 0 Å². The molecule has 4 heterocycles. The van der Waals surface area contributed by atoms with Gasteiger partial charge in [0.2, 0.25) is 0 Å². The fraction of sp³-hybridized carbons (Fsp3) is 0.235. The number of aromatic nitrogens is 3. The van der Waals surface area contributed by atoms with Crippen molar-refractivity contribution in [2.45, 2.75) is 19.5 Å². The van der Waals surface area contributed by atoms with E-state index in [1.807, 2.05) is 29.8 Å². The van der Waals surface area contributed by atoms with Gasteiger partial charge in [-0.3, -0.25) is 4.90 Å². The molecule has 122 valence electrons. The number of nitrogens with zero attached hydrogens (tertiary/aromatic N) is 4. The Hall–Kier alpha value is -1.53. The van der Waals surface area contributed by atoms with Crippen molar-refractivity contribution >= 4 is 34.5 Å². The van der Waals surface area contributed by atoms with E-state index >= 15 is 0 Å². The number of thiophene rings is 1. The average molecular weight is 377 g/mol. The van der Waals surface area contributed by atoms with Crippen LogP contribution in [-0.2, 0) is 19.5 Å². The highest BCUT2D eigenvalue weighted by Crippen LogP contribution is 2.26. The summed E-state index contributed by atoms with van der Waals surface area (Å²) in [4.78, 5) is 16.8. The van der Waals surface area contributed by atoms with Crippen molar-refractivity contribution in [3.05, 3.63) is 63.0 Å². The van der Waals surface area contributed by atoms with Crippen molar-refractivity contribution in [1.29, 1.82) is 0 Å². The van der Waals surface area contributed by atoms with Crippen molar-refractivity contribution in [3.8, 4) is 10.7 Å². The van der Waals surface area contributed by atoms with E-state index < -0.39 is 0 Å². The molecule has 4 nitrogen and oxygen atoms in total. The number of halogens is 2. The molecule has 0 saturated heterocycles. The molecule has 7 heteroatoms. The van der Waals surface area contributed by atoms with Crippen LogP contribution in [-0.4, -0.2) is 26.4 Å². The molecule has 1 aliphatic rings. The molecule has 0 amide bonds. The molecule has 0 atom stereocenters. The second-order valence-corrected chi connectivity index (χ2v) is 7.38. The minimum Gasteiger partial charge on any atom is -0.293 e. The predicted molar refractivity (Wildman–Crippen MR) is 97.4 cm³/mol. The first kappa shape index (κ1) is 16.0. The molecule has 0 aliphatic carbocycles. The normalized spacial score (nSPS) is 14.6. The topological polar surface area (TPSA) is 41.9 Å². The van der Waals surface area contributed by atoms with Gasteiger partial charge in [0, 0.05) is 31.4 Å². The summed E-state index contributed by atoms with van der Waals surface area (Å²) >= 11 is 13.7. The smallest absolute Gasteiger partial charge is 0.169 e.